The zero-order valence-electron chi connectivity index (χ0n) is 12.5. The number of benzene rings is 1. The molecule has 7 nitrogen and oxygen atoms in total. The predicted molar refractivity (Wildman–Crippen MR) is 85.4 cm³/mol. The lowest BCUT2D eigenvalue weighted by molar-refractivity contribution is 0.0996. The first-order valence-electron chi connectivity index (χ1n) is 7.04. The molecule has 1 aromatic carbocycles. The molecule has 8 heteroatoms. The van der Waals surface area contributed by atoms with Crippen LogP contribution in [-0.2, 0) is 10.0 Å². The number of methoxy groups -OCH3 is 1. The van der Waals surface area contributed by atoms with Crippen LogP contribution in [0.2, 0.25) is 0 Å². The molecule has 1 aliphatic heterocycles. The van der Waals surface area contributed by atoms with Crippen molar-refractivity contribution in [2.24, 2.45) is 0 Å². The van der Waals surface area contributed by atoms with Gasteiger partial charge in [-0.15, -0.1) is 0 Å². The highest BCUT2D eigenvalue weighted by Crippen LogP contribution is 2.33. The van der Waals surface area contributed by atoms with E-state index in [1.165, 1.54) is 17.7 Å². The monoisotopic (exact) mass is 336 g/mol. The van der Waals surface area contributed by atoms with Gasteiger partial charge in [0.25, 0.3) is 5.91 Å². The van der Waals surface area contributed by atoms with Crippen LogP contribution in [0.25, 0.3) is 0 Å². The minimum atomic E-state index is -3.26. The molecule has 1 N–H and O–H groups in total. The van der Waals surface area contributed by atoms with Crippen molar-refractivity contribution in [2.45, 2.75) is 6.42 Å². The van der Waals surface area contributed by atoms with E-state index in [9.17, 15) is 13.2 Å². The van der Waals surface area contributed by atoms with E-state index in [1.54, 1.807) is 30.3 Å². The Morgan fingerprint density at radius 3 is 2.78 bits per heavy atom. The van der Waals surface area contributed by atoms with Crippen LogP contribution in [0.15, 0.2) is 41.0 Å². The third kappa shape index (κ3) is 3.02. The molecule has 23 heavy (non-hydrogen) atoms. The number of rotatable bonds is 4. The summed E-state index contributed by atoms with van der Waals surface area (Å²) in [5, 5.41) is 2.68. The zero-order chi connectivity index (χ0) is 16.4. The maximum Gasteiger partial charge on any atom is 0.291 e. The maximum absolute atomic E-state index is 12.0. The summed E-state index contributed by atoms with van der Waals surface area (Å²) >= 11 is 0. The topological polar surface area (TPSA) is 88.9 Å². The fourth-order valence-electron chi connectivity index (χ4n) is 2.46. The number of hydrogen-bond donors (Lipinski definition) is 1. The van der Waals surface area contributed by atoms with Crippen LogP contribution < -0.4 is 14.4 Å². The molecular formula is C15H16N2O5S. The molecule has 2 heterocycles. The Bertz CT molecular complexity index is 814. The van der Waals surface area contributed by atoms with Crippen LogP contribution in [0.1, 0.15) is 17.0 Å². The van der Waals surface area contributed by atoms with E-state index in [2.05, 4.69) is 5.32 Å². The number of amides is 1. The molecule has 1 aliphatic rings. The highest BCUT2D eigenvalue weighted by molar-refractivity contribution is 7.93. The van der Waals surface area contributed by atoms with Gasteiger partial charge in [-0.3, -0.25) is 9.10 Å². The van der Waals surface area contributed by atoms with E-state index in [-0.39, 0.29) is 11.5 Å². The van der Waals surface area contributed by atoms with Gasteiger partial charge in [-0.25, -0.2) is 8.42 Å². The molecule has 0 bridgehead atoms. The molecule has 0 saturated carbocycles. The van der Waals surface area contributed by atoms with Crippen molar-refractivity contribution in [3.8, 4) is 5.75 Å². The summed E-state index contributed by atoms with van der Waals surface area (Å²) in [5.74, 6) is 0.296. The van der Waals surface area contributed by atoms with Crippen LogP contribution in [0, 0.1) is 0 Å². The summed E-state index contributed by atoms with van der Waals surface area (Å²) in [5.41, 5.74) is 0.963. The summed E-state index contributed by atoms with van der Waals surface area (Å²) in [4.78, 5) is 12.0. The molecule has 122 valence electrons. The van der Waals surface area contributed by atoms with E-state index in [4.69, 9.17) is 9.15 Å². The van der Waals surface area contributed by atoms with Crippen LogP contribution in [-0.4, -0.2) is 33.7 Å². The summed E-state index contributed by atoms with van der Waals surface area (Å²) in [7, 11) is -1.80. The molecule has 1 aromatic heterocycles. The quantitative estimate of drug-likeness (QED) is 0.923. The number of carbonyl (C=O) groups excluding carboxylic acids is 1. The Balaban J connectivity index is 1.87. The van der Waals surface area contributed by atoms with Gasteiger partial charge in [0.15, 0.2) is 5.76 Å². The summed E-state index contributed by atoms with van der Waals surface area (Å²) in [6.45, 7) is 0.448. The van der Waals surface area contributed by atoms with Gasteiger partial charge in [0.1, 0.15) is 5.75 Å². The molecule has 0 unspecified atom stereocenters. The Morgan fingerprint density at radius 2 is 2.17 bits per heavy atom. The first-order chi connectivity index (χ1) is 11.0. The SMILES string of the molecule is COc1cc(N2CCCS2(=O)=O)ccc1NC(=O)c1ccco1. The first-order valence-corrected chi connectivity index (χ1v) is 8.65. The number of sulfonamides is 1. The second-order valence-electron chi connectivity index (χ2n) is 5.06. The average molecular weight is 336 g/mol. The molecule has 0 atom stereocenters. The van der Waals surface area contributed by atoms with E-state index in [0.29, 0.717) is 30.1 Å². The minimum Gasteiger partial charge on any atom is -0.494 e. The van der Waals surface area contributed by atoms with Gasteiger partial charge in [0, 0.05) is 12.6 Å². The van der Waals surface area contributed by atoms with Crippen molar-refractivity contribution >= 4 is 27.3 Å². The number of nitrogens with zero attached hydrogens (tertiary/aromatic N) is 1. The average Bonchev–Trinajstić information content (AvgIpc) is 3.17. The van der Waals surface area contributed by atoms with Crippen molar-refractivity contribution in [2.75, 3.05) is 29.0 Å². The first kappa shape index (κ1) is 15.4. The standard InChI is InChI=1S/C15H16N2O5S/c1-21-14-10-11(17-7-3-9-23(17,19)20)5-6-12(14)16-15(18)13-4-2-8-22-13/h2,4-6,8,10H,3,7,9H2,1H3,(H,16,18). The highest BCUT2D eigenvalue weighted by atomic mass is 32.2. The van der Waals surface area contributed by atoms with E-state index in [0.717, 1.165) is 0 Å². The largest absolute Gasteiger partial charge is 0.494 e. The van der Waals surface area contributed by atoms with Crippen LogP contribution in [0.5, 0.6) is 5.75 Å². The number of ether oxygens (including phenoxy) is 1. The molecule has 1 amide bonds. The van der Waals surface area contributed by atoms with Gasteiger partial charge in [-0.1, -0.05) is 0 Å². The lowest BCUT2D eigenvalue weighted by Gasteiger charge is -2.19. The second-order valence-corrected chi connectivity index (χ2v) is 7.07. The molecule has 0 spiro atoms. The number of anilines is 2. The zero-order valence-corrected chi connectivity index (χ0v) is 13.3. The van der Waals surface area contributed by atoms with Crippen LogP contribution >= 0.6 is 0 Å². The van der Waals surface area contributed by atoms with Gasteiger partial charge in [0.05, 0.1) is 30.5 Å². The van der Waals surface area contributed by atoms with E-state index in [1.807, 2.05) is 0 Å². The Labute approximate surface area is 133 Å². The third-order valence-electron chi connectivity index (χ3n) is 3.57. The van der Waals surface area contributed by atoms with Gasteiger partial charge in [0.2, 0.25) is 10.0 Å². The predicted octanol–water partition coefficient (Wildman–Crippen LogP) is 2.08. The number of carbonyl (C=O) groups is 1. The minimum absolute atomic E-state index is 0.145. The maximum atomic E-state index is 12.0. The van der Waals surface area contributed by atoms with Crippen LogP contribution in [0.3, 0.4) is 0 Å². The molecule has 1 fully saturated rings. The number of hydrogen-bond acceptors (Lipinski definition) is 5. The van der Waals surface area contributed by atoms with Gasteiger partial charge >= 0.3 is 0 Å². The van der Waals surface area contributed by atoms with Crippen molar-refractivity contribution in [3.05, 3.63) is 42.4 Å². The molecule has 0 radical (unpaired) electrons. The third-order valence-corrected chi connectivity index (χ3v) is 5.44. The van der Waals surface area contributed by atoms with Crippen molar-refractivity contribution in [3.63, 3.8) is 0 Å². The van der Waals surface area contributed by atoms with E-state index >= 15 is 0 Å². The van der Waals surface area contributed by atoms with Gasteiger partial charge in [-0.05, 0) is 30.7 Å². The van der Waals surface area contributed by atoms with Crippen molar-refractivity contribution in [1.29, 1.82) is 0 Å². The second kappa shape index (κ2) is 5.96. The van der Waals surface area contributed by atoms with Gasteiger partial charge in [-0.2, -0.15) is 0 Å². The lowest BCUT2D eigenvalue weighted by Crippen LogP contribution is -2.25. The fourth-order valence-corrected chi connectivity index (χ4v) is 4.02. The Morgan fingerprint density at radius 1 is 1.35 bits per heavy atom. The smallest absolute Gasteiger partial charge is 0.291 e. The fraction of sp³-hybridized carbons (Fsp3) is 0.267. The van der Waals surface area contributed by atoms with Crippen LogP contribution in [0.4, 0.5) is 11.4 Å². The summed E-state index contributed by atoms with van der Waals surface area (Å²) < 4.78 is 35.6. The number of furan rings is 1. The molecule has 3 rings (SSSR count). The molecular weight excluding hydrogens is 320 g/mol. The molecule has 1 saturated heterocycles. The normalized spacial score (nSPS) is 16.3. The molecule has 0 aliphatic carbocycles. The summed E-state index contributed by atoms with van der Waals surface area (Å²) in [6, 6.07) is 8.02. The molecule has 2 aromatic rings. The Hall–Kier alpha value is -2.48. The van der Waals surface area contributed by atoms with Crippen molar-refractivity contribution < 1.29 is 22.4 Å². The number of nitrogens with one attached hydrogen (secondary N) is 1. The van der Waals surface area contributed by atoms with Gasteiger partial charge < -0.3 is 14.5 Å². The lowest BCUT2D eigenvalue weighted by atomic mass is 10.2. The summed E-state index contributed by atoms with van der Waals surface area (Å²) in [6.07, 6.45) is 2.01. The van der Waals surface area contributed by atoms with E-state index < -0.39 is 15.9 Å². The van der Waals surface area contributed by atoms with Crippen molar-refractivity contribution in [1.82, 2.24) is 0 Å². The highest BCUT2D eigenvalue weighted by Gasteiger charge is 2.29. The Kier molecular flexibility index (Phi) is 3.99.